The zero-order valence-corrected chi connectivity index (χ0v) is 16.4. The molecule has 1 aliphatic rings. The molecule has 1 amide bonds. The maximum atomic E-state index is 12.2. The van der Waals surface area contributed by atoms with E-state index in [-0.39, 0.29) is 30.4 Å². The van der Waals surface area contributed by atoms with Crippen LogP contribution in [-0.2, 0) is 14.3 Å². The topological polar surface area (TPSA) is 100 Å². The Morgan fingerprint density at radius 2 is 1.76 bits per heavy atom. The van der Waals surface area contributed by atoms with Crippen molar-refractivity contribution in [2.45, 2.75) is 20.8 Å². The summed E-state index contributed by atoms with van der Waals surface area (Å²) in [6.45, 7) is 4.37. The van der Waals surface area contributed by atoms with E-state index in [0.717, 1.165) is 11.1 Å². The first kappa shape index (κ1) is 20.2. The van der Waals surface area contributed by atoms with Gasteiger partial charge in [-0.15, -0.1) is 0 Å². The molecule has 1 N–H and O–H groups in total. The quantitative estimate of drug-likeness (QED) is 0.564. The molecule has 0 saturated carbocycles. The summed E-state index contributed by atoms with van der Waals surface area (Å²) in [5.74, 6) is -0.0900. The Morgan fingerprint density at radius 3 is 2.48 bits per heavy atom. The van der Waals surface area contributed by atoms with Gasteiger partial charge in [-0.3, -0.25) is 9.59 Å². The number of benzene rings is 2. The summed E-state index contributed by atoms with van der Waals surface area (Å²) in [5, 5.41) is 2.55. The third-order valence-electron chi connectivity index (χ3n) is 4.22. The van der Waals surface area contributed by atoms with Crippen molar-refractivity contribution >= 4 is 23.3 Å². The van der Waals surface area contributed by atoms with E-state index in [1.807, 2.05) is 32.0 Å². The molecule has 2 aromatic carbocycles. The number of esters is 1. The van der Waals surface area contributed by atoms with Gasteiger partial charge in [-0.05, 0) is 44.0 Å². The second-order valence-electron chi connectivity index (χ2n) is 6.57. The van der Waals surface area contributed by atoms with Gasteiger partial charge in [0.25, 0.3) is 5.91 Å². The van der Waals surface area contributed by atoms with Crippen LogP contribution in [0.3, 0.4) is 0 Å². The average Bonchev–Trinajstić information content (AvgIpc) is 3.13. The Bertz CT molecular complexity index is 968. The number of Topliss-reactive ketones (excluding diaryl/α,β-unsaturated/α-hetero) is 1. The van der Waals surface area contributed by atoms with E-state index in [4.69, 9.17) is 18.9 Å². The van der Waals surface area contributed by atoms with Crippen LogP contribution in [0.1, 0.15) is 28.4 Å². The second kappa shape index (κ2) is 8.64. The average molecular weight is 399 g/mol. The molecule has 0 fully saturated rings. The summed E-state index contributed by atoms with van der Waals surface area (Å²) in [6, 6.07) is 8.66. The Labute approximate surface area is 167 Å². The molecule has 0 aliphatic carbocycles. The van der Waals surface area contributed by atoms with Gasteiger partial charge in [0.15, 0.2) is 30.5 Å². The van der Waals surface area contributed by atoms with Crippen LogP contribution in [0.25, 0.3) is 0 Å². The highest BCUT2D eigenvalue weighted by Crippen LogP contribution is 2.37. The molecule has 8 heteroatoms. The highest BCUT2D eigenvalue weighted by molar-refractivity contribution is 6.05. The largest absolute Gasteiger partial charge is 0.482 e. The number of carbonyl (C=O) groups excluding carboxylic acids is 3. The predicted octanol–water partition coefficient (Wildman–Crippen LogP) is 2.80. The molecule has 29 heavy (non-hydrogen) atoms. The third-order valence-corrected chi connectivity index (χ3v) is 4.22. The molecule has 0 unspecified atom stereocenters. The molecule has 1 heterocycles. The summed E-state index contributed by atoms with van der Waals surface area (Å²) in [4.78, 5) is 35.9. The number of ketones is 1. The van der Waals surface area contributed by atoms with Gasteiger partial charge in [-0.1, -0.05) is 12.1 Å². The lowest BCUT2D eigenvalue weighted by Gasteiger charge is -2.12. The summed E-state index contributed by atoms with van der Waals surface area (Å²) in [5.41, 5.74) is 2.42. The molecule has 0 atom stereocenters. The predicted molar refractivity (Wildman–Crippen MR) is 104 cm³/mol. The molecule has 1 aliphatic heterocycles. The molecule has 0 spiro atoms. The molecule has 8 nitrogen and oxygen atoms in total. The lowest BCUT2D eigenvalue weighted by Crippen LogP contribution is -2.24. The van der Waals surface area contributed by atoms with Crippen molar-refractivity contribution in [3.63, 3.8) is 0 Å². The number of aryl methyl sites for hydroxylation is 2. The first-order valence-corrected chi connectivity index (χ1v) is 8.93. The number of rotatable bonds is 7. The molecule has 152 valence electrons. The van der Waals surface area contributed by atoms with Crippen LogP contribution in [0, 0.1) is 13.8 Å². The SMILES string of the molecule is CC(=O)c1cc2c(cc1NC(=O)COC(=O)COc1cc(C)ccc1C)OCO2. The summed E-state index contributed by atoms with van der Waals surface area (Å²) in [7, 11) is 0. The number of ether oxygens (including phenoxy) is 4. The van der Waals surface area contributed by atoms with E-state index in [1.165, 1.54) is 19.1 Å². The Morgan fingerprint density at radius 1 is 1.03 bits per heavy atom. The number of anilines is 1. The van der Waals surface area contributed by atoms with Gasteiger partial charge in [-0.25, -0.2) is 4.79 Å². The van der Waals surface area contributed by atoms with Gasteiger partial charge in [0, 0.05) is 11.6 Å². The molecule has 0 radical (unpaired) electrons. The van der Waals surface area contributed by atoms with E-state index in [1.54, 1.807) is 0 Å². The van der Waals surface area contributed by atoms with Gasteiger partial charge in [-0.2, -0.15) is 0 Å². The highest BCUT2D eigenvalue weighted by Gasteiger charge is 2.20. The third kappa shape index (κ3) is 5.04. The monoisotopic (exact) mass is 399 g/mol. The molecule has 0 bridgehead atoms. The fourth-order valence-electron chi connectivity index (χ4n) is 2.71. The zero-order valence-electron chi connectivity index (χ0n) is 16.4. The Hall–Kier alpha value is -3.55. The van der Waals surface area contributed by atoms with Crippen molar-refractivity contribution in [3.05, 3.63) is 47.0 Å². The summed E-state index contributed by atoms with van der Waals surface area (Å²) < 4.78 is 20.9. The van der Waals surface area contributed by atoms with E-state index in [0.29, 0.717) is 17.2 Å². The number of hydrogen-bond donors (Lipinski definition) is 1. The molecule has 2 aromatic rings. The lowest BCUT2D eigenvalue weighted by atomic mass is 10.1. The van der Waals surface area contributed by atoms with Crippen molar-refractivity contribution in [1.82, 2.24) is 0 Å². The van der Waals surface area contributed by atoms with Crippen molar-refractivity contribution in [2.24, 2.45) is 0 Å². The molecule has 3 rings (SSSR count). The van der Waals surface area contributed by atoms with Crippen molar-refractivity contribution in [3.8, 4) is 17.2 Å². The van der Waals surface area contributed by atoms with Gasteiger partial charge in [0.05, 0.1) is 5.69 Å². The van der Waals surface area contributed by atoms with Gasteiger partial charge < -0.3 is 24.3 Å². The van der Waals surface area contributed by atoms with Crippen LogP contribution < -0.4 is 19.5 Å². The van der Waals surface area contributed by atoms with Crippen LogP contribution in [0.5, 0.6) is 17.2 Å². The normalized spacial score (nSPS) is 11.7. The minimum Gasteiger partial charge on any atom is -0.482 e. The van der Waals surface area contributed by atoms with Gasteiger partial charge in [0.2, 0.25) is 6.79 Å². The minimum atomic E-state index is -0.682. The maximum absolute atomic E-state index is 12.2. The number of hydrogen-bond acceptors (Lipinski definition) is 7. The van der Waals surface area contributed by atoms with Gasteiger partial charge >= 0.3 is 5.97 Å². The summed E-state index contributed by atoms with van der Waals surface area (Å²) >= 11 is 0. The summed E-state index contributed by atoms with van der Waals surface area (Å²) in [6.07, 6.45) is 0. The van der Waals surface area contributed by atoms with Crippen LogP contribution >= 0.6 is 0 Å². The van der Waals surface area contributed by atoms with E-state index in [2.05, 4.69) is 5.32 Å². The fraction of sp³-hybridized carbons (Fsp3) is 0.286. The lowest BCUT2D eigenvalue weighted by molar-refractivity contribution is -0.149. The second-order valence-corrected chi connectivity index (χ2v) is 6.57. The standard InChI is InChI=1S/C21H21NO7/c1-12-4-5-13(2)17(6-12)26-10-21(25)27-9-20(24)22-16-8-19-18(28-11-29-19)7-15(16)14(3)23/h4-8H,9-11H2,1-3H3,(H,22,24). The number of nitrogens with one attached hydrogen (secondary N) is 1. The van der Waals surface area contributed by atoms with Crippen LogP contribution in [-0.4, -0.2) is 37.7 Å². The van der Waals surface area contributed by atoms with E-state index >= 15 is 0 Å². The number of fused-ring (bicyclic) bond motifs is 1. The highest BCUT2D eigenvalue weighted by atomic mass is 16.7. The van der Waals surface area contributed by atoms with Crippen molar-refractivity contribution < 1.29 is 33.3 Å². The molecular weight excluding hydrogens is 378 g/mol. The first-order valence-electron chi connectivity index (χ1n) is 8.93. The van der Waals surface area contributed by atoms with E-state index < -0.39 is 18.5 Å². The Kier molecular flexibility index (Phi) is 6.01. The van der Waals surface area contributed by atoms with E-state index in [9.17, 15) is 14.4 Å². The molecule has 0 saturated heterocycles. The molecular formula is C21H21NO7. The smallest absolute Gasteiger partial charge is 0.344 e. The maximum Gasteiger partial charge on any atom is 0.344 e. The first-order chi connectivity index (χ1) is 13.8. The fourth-order valence-corrected chi connectivity index (χ4v) is 2.71. The number of amides is 1. The van der Waals surface area contributed by atoms with Crippen molar-refractivity contribution in [2.75, 3.05) is 25.3 Å². The molecule has 0 aromatic heterocycles. The van der Waals surface area contributed by atoms with Crippen LogP contribution in [0.4, 0.5) is 5.69 Å². The van der Waals surface area contributed by atoms with Gasteiger partial charge in [0.1, 0.15) is 5.75 Å². The zero-order chi connectivity index (χ0) is 21.0. The Balaban J connectivity index is 1.54. The van der Waals surface area contributed by atoms with Crippen molar-refractivity contribution in [1.29, 1.82) is 0 Å². The number of carbonyl (C=O) groups is 3. The van der Waals surface area contributed by atoms with Crippen LogP contribution in [0.2, 0.25) is 0 Å². The minimum absolute atomic E-state index is 0.0438. The van der Waals surface area contributed by atoms with Crippen LogP contribution in [0.15, 0.2) is 30.3 Å².